The summed E-state index contributed by atoms with van der Waals surface area (Å²) in [5.74, 6) is 6.51. The Labute approximate surface area is 100 Å². The average Bonchev–Trinajstić information content (AvgIpc) is 3.26. The van der Waals surface area contributed by atoms with E-state index in [-0.39, 0.29) is 16.7 Å². The van der Waals surface area contributed by atoms with Gasteiger partial charge >= 0.3 is 0 Å². The number of rotatable bonds is 2. The minimum Gasteiger partial charge on any atom is -0.294 e. The van der Waals surface area contributed by atoms with E-state index in [0.717, 1.165) is 0 Å². The molecular formula is C14H16N2O. The zero-order chi connectivity index (χ0) is 11.7. The molecule has 4 rings (SSSR count). The smallest absolute Gasteiger partial charge is 0.241 e. The number of carbonyl (C=O) groups excluding carboxylic acids is 1. The van der Waals surface area contributed by atoms with Crippen molar-refractivity contribution in [1.82, 2.24) is 5.43 Å². The van der Waals surface area contributed by atoms with Crippen molar-refractivity contribution in [3.05, 3.63) is 35.9 Å². The molecule has 0 radical (unpaired) electrons. The van der Waals surface area contributed by atoms with Gasteiger partial charge in [-0.15, -0.1) is 0 Å². The highest BCUT2D eigenvalue weighted by molar-refractivity contribution is 5.97. The fourth-order valence-corrected chi connectivity index (χ4v) is 5.01. The van der Waals surface area contributed by atoms with Gasteiger partial charge in [-0.3, -0.25) is 10.2 Å². The van der Waals surface area contributed by atoms with Gasteiger partial charge in [0, 0.05) is 5.41 Å². The Balaban J connectivity index is 1.80. The normalized spacial score (nSPS) is 44.8. The molecule has 88 valence electrons. The third-order valence-corrected chi connectivity index (χ3v) is 5.46. The van der Waals surface area contributed by atoms with Gasteiger partial charge in [0.1, 0.15) is 0 Å². The molecule has 3 heteroatoms. The molecule has 0 bridgehead atoms. The van der Waals surface area contributed by atoms with Gasteiger partial charge in [0.15, 0.2) is 0 Å². The first-order chi connectivity index (χ1) is 8.31. The van der Waals surface area contributed by atoms with Crippen LogP contribution in [-0.2, 0) is 10.2 Å². The van der Waals surface area contributed by atoms with E-state index in [1.54, 1.807) is 0 Å². The highest BCUT2D eigenvalue weighted by Crippen LogP contribution is 2.96. The predicted octanol–water partition coefficient (Wildman–Crippen LogP) is 1.34. The van der Waals surface area contributed by atoms with E-state index in [1.807, 2.05) is 6.07 Å². The largest absolute Gasteiger partial charge is 0.294 e. The van der Waals surface area contributed by atoms with E-state index >= 15 is 0 Å². The molecule has 3 aliphatic rings. The molecule has 0 unspecified atom stereocenters. The summed E-state index contributed by atoms with van der Waals surface area (Å²) in [4.78, 5) is 12.1. The fraction of sp³-hybridized carbons (Fsp3) is 0.500. The summed E-state index contributed by atoms with van der Waals surface area (Å²) in [6.07, 6.45) is 3.63. The molecule has 1 aromatic rings. The fourth-order valence-electron chi connectivity index (χ4n) is 5.01. The SMILES string of the molecule is NNC(=O)C12[C@H]3CCC[C@H]1C32c1ccccc1. The Kier molecular flexibility index (Phi) is 1.55. The molecule has 2 atom stereocenters. The lowest BCUT2D eigenvalue weighted by molar-refractivity contribution is -0.126. The average molecular weight is 228 g/mol. The van der Waals surface area contributed by atoms with Crippen LogP contribution in [0.2, 0.25) is 0 Å². The van der Waals surface area contributed by atoms with Crippen molar-refractivity contribution in [2.24, 2.45) is 23.1 Å². The number of hydrogen-bond acceptors (Lipinski definition) is 2. The highest BCUT2D eigenvalue weighted by Gasteiger charge is 3.00. The second-order valence-electron chi connectivity index (χ2n) is 5.61. The van der Waals surface area contributed by atoms with Crippen molar-refractivity contribution < 1.29 is 4.79 Å². The molecule has 1 amide bonds. The van der Waals surface area contributed by atoms with E-state index in [2.05, 4.69) is 29.7 Å². The van der Waals surface area contributed by atoms with Crippen molar-refractivity contribution >= 4 is 5.91 Å². The van der Waals surface area contributed by atoms with Gasteiger partial charge in [0.25, 0.3) is 0 Å². The van der Waals surface area contributed by atoms with E-state index < -0.39 is 0 Å². The van der Waals surface area contributed by atoms with Crippen LogP contribution in [0.3, 0.4) is 0 Å². The van der Waals surface area contributed by atoms with E-state index in [0.29, 0.717) is 11.8 Å². The molecule has 17 heavy (non-hydrogen) atoms. The lowest BCUT2D eigenvalue weighted by Gasteiger charge is -2.27. The lowest BCUT2D eigenvalue weighted by Crippen LogP contribution is -2.38. The Morgan fingerprint density at radius 3 is 2.47 bits per heavy atom. The quantitative estimate of drug-likeness (QED) is 0.456. The maximum Gasteiger partial charge on any atom is 0.241 e. The van der Waals surface area contributed by atoms with Gasteiger partial charge in [0.05, 0.1) is 5.41 Å². The van der Waals surface area contributed by atoms with Crippen LogP contribution in [0.15, 0.2) is 30.3 Å². The van der Waals surface area contributed by atoms with Gasteiger partial charge in [-0.25, -0.2) is 5.84 Å². The minimum atomic E-state index is -0.138. The molecule has 3 N–H and O–H groups in total. The summed E-state index contributed by atoms with van der Waals surface area (Å²) in [5, 5.41) is 0. The summed E-state index contributed by atoms with van der Waals surface area (Å²) in [7, 11) is 0. The number of fused-ring (bicyclic) bond motifs is 2. The number of amides is 1. The Hall–Kier alpha value is -1.35. The molecule has 3 fully saturated rings. The first-order valence-corrected chi connectivity index (χ1v) is 6.37. The van der Waals surface area contributed by atoms with Gasteiger partial charge in [-0.2, -0.15) is 0 Å². The van der Waals surface area contributed by atoms with Crippen LogP contribution in [0.1, 0.15) is 24.8 Å². The number of carbonyl (C=O) groups is 1. The minimum absolute atomic E-state index is 0.0658. The summed E-state index contributed by atoms with van der Waals surface area (Å²) in [6.45, 7) is 0. The second-order valence-corrected chi connectivity index (χ2v) is 5.61. The Morgan fingerprint density at radius 1 is 1.24 bits per heavy atom. The number of nitrogens with two attached hydrogens (primary N) is 1. The van der Waals surface area contributed by atoms with Crippen LogP contribution in [0, 0.1) is 17.3 Å². The molecular weight excluding hydrogens is 212 g/mol. The van der Waals surface area contributed by atoms with Crippen LogP contribution in [0.4, 0.5) is 0 Å². The van der Waals surface area contributed by atoms with Gasteiger partial charge in [-0.05, 0) is 30.2 Å². The monoisotopic (exact) mass is 228 g/mol. The Bertz CT molecular complexity index is 484. The Morgan fingerprint density at radius 2 is 1.88 bits per heavy atom. The third kappa shape index (κ3) is 0.757. The zero-order valence-electron chi connectivity index (χ0n) is 9.65. The molecule has 0 aromatic heterocycles. The molecule has 0 aliphatic heterocycles. The maximum absolute atomic E-state index is 12.1. The lowest BCUT2D eigenvalue weighted by atomic mass is 9.77. The van der Waals surface area contributed by atoms with Gasteiger partial charge in [-0.1, -0.05) is 36.8 Å². The number of hydrogen-bond donors (Lipinski definition) is 2. The topological polar surface area (TPSA) is 55.1 Å². The molecule has 1 aromatic carbocycles. The van der Waals surface area contributed by atoms with Crippen LogP contribution in [0.5, 0.6) is 0 Å². The number of hydrazine groups is 1. The summed E-state index contributed by atoms with van der Waals surface area (Å²) in [6, 6.07) is 10.5. The number of nitrogens with one attached hydrogen (secondary N) is 1. The van der Waals surface area contributed by atoms with Crippen molar-refractivity contribution in [1.29, 1.82) is 0 Å². The number of benzene rings is 1. The zero-order valence-corrected chi connectivity index (χ0v) is 9.65. The van der Waals surface area contributed by atoms with E-state index in [1.165, 1.54) is 24.8 Å². The molecule has 0 heterocycles. The van der Waals surface area contributed by atoms with Gasteiger partial charge < -0.3 is 0 Å². The first-order valence-electron chi connectivity index (χ1n) is 6.37. The van der Waals surface area contributed by atoms with E-state index in [4.69, 9.17) is 5.84 Å². The second kappa shape index (κ2) is 2.72. The summed E-state index contributed by atoms with van der Waals surface area (Å²) in [5.41, 5.74) is 3.75. The van der Waals surface area contributed by atoms with Gasteiger partial charge in [0.2, 0.25) is 5.91 Å². The van der Waals surface area contributed by atoms with Crippen LogP contribution in [0.25, 0.3) is 0 Å². The highest BCUT2D eigenvalue weighted by atomic mass is 16.2. The molecule has 3 nitrogen and oxygen atoms in total. The molecule has 3 saturated carbocycles. The maximum atomic E-state index is 12.1. The molecule has 0 saturated heterocycles. The third-order valence-electron chi connectivity index (χ3n) is 5.46. The van der Waals surface area contributed by atoms with Crippen LogP contribution < -0.4 is 11.3 Å². The summed E-state index contributed by atoms with van der Waals surface area (Å²) >= 11 is 0. The summed E-state index contributed by atoms with van der Waals surface area (Å²) < 4.78 is 0. The predicted molar refractivity (Wildman–Crippen MR) is 63.7 cm³/mol. The molecule has 3 aliphatic carbocycles. The standard InChI is InChI=1S/C14H16N2O/c15-16-12(17)14-10-7-4-8-11(14)13(10,14)9-5-2-1-3-6-9/h1-3,5-6,10-11H,4,7-8,15H2,(H,16,17)/t10-,11-,13?,14?/m0/s1. The van der Waals surface area contributed by atoms with Crippen LogP contribution in [-0.4, -0.2) is 5.91 Å². The first kappa shape index (κ1) is 9.66. The van der Waals surface area contributed by atoms with Crippen molar-refractivity contribution in [2.45, 2.75) is 24.7 Å². The van der Waals surface area contributed by atoms with Crippen LogP contribution >= 0.6 is 0 Å². The van der Waals surface area contributed by atoms with Crippen molar-refractivity contribution in [2.75, 3.05) is 0 Å². The van der Waals surface area contributed by atoms with Crippen molar-refractivity contribution in [3.63, 3.8) is 0 Å². The van der Waals surface area contributed by atoms with Crippen molar-refractivity contribution in [3.8, 4) is 0 Å². The molecule has 0 spiro atoms. The van der Waals surface area contributed by atoms with E-state index in [9.17, 15) is 4.79 Å².